The van der Waals surface area contributed by atoms with Crippen LogP contribution in [0.1, 0.15) is 43.7 Å². The Morgan fingerprint density at radius 2 is 1.58 bits per heavy atom. The van der Waals surface area contributed by atoms with Crippen molar-refractivity contribution >= 4 is 18.0 Å². The first kappa shape index (κ1) is 22.8. The molecule has 2 aliphatic carbocycles. The lowest BCUT2D eigenvalue weighted by Gasteiger charge is -2.34. The molecule has 1 fully saturated rings. The monoisotopic (exact) mass is 450 g/mol. The molecule has 174 valence electrons. The number of hydrogen-bond acceptors (Lipinski definition) is 4. The zero-order chi connectivity index (χ0) is 23.5. The van der Waals surface area contributed by atoms with Crippen molar-refractivity contribution in [2.75, 3.05) is 13.2 Å². The molecule has 0 spiro atoms. The summed E-state index contributed by atoms with van der Waals surface area (Å²) in [6.45, 7) is 4.22. The predicted octanol–water partition coefficient (Wildman–Crippen LogP) is 3.78. The van der Waals surface area contributed by atoms with Gasteiger partial charge < -0.3 is 20.5 Å². The minimum atomic E-state index is -0.821. The third-order valence-electron chi connectivity index (χ3n) is 6.79. The van der Waals surface area contributed by atoms with Crippen molar-refractivity contribution in [2.45, 2.75) is 38.6 Å². The zero-order valence-electron chi connectivity index (χ0n) is 18.9. The number of ether oxygens (including phenoxy) is 1. The Hall–Kier alpha value is -3.35. The van der Waals surface area contributed by atoms with Gasteiger partial charge in [-0.25, -0.2) is 4.79 Å². The number of fused-ring (bicyclic) bond motifs is 3. The first-order valence-corrected chi connectivity index (χ1v) is 11.5. The fourth-order valence-electron chi connectivity index (χ4n) is 4.72. The lowest BCUT2D eigenvalue weighted by molar-refractivity contribution is -0.146. The molecular weight excluding hydrogens is 420 g/mol. The minimum absolute atomic E-state index is 0.00855. The van der Waals surface area contributed by atoms with Crippen molar-refractivity contribution < 1.29 is 24.2 Å². The average Bonchev–Trinajstić information content (AvgIpc) is 3.08. The molecule has 2 aromatic carbocycles. The molecule has 0 heterocycles. The third-order valence-corrected chi connectivity index (χ3v) is 6.79. The molecule has 3 N–H and O–H groups in total. The summed E-state index contributed by atoms with van der Waals surface area (Å²) in [5.41, 5.74) is 4.62. The van der Waals surface area contributed by atoms with E-state index in [-0.39, 0.29) is 42.9 Å². The summed E-state index contributed by atoms with van der Waals surface area (Å²) in [6.07, 6.45) is 0.349. The van der Waals surface area contributed by atoms with Gasteiger partial charge in [0.15, 0.2) is 0 Å². The van der Waals surface area contributed by atoms with Crippen molar-refractivity contribution in [3.63, 3.8) is 0 Å². The van der Waals surface area contributed by atoms with Crippen molar-refractivity contribution in [1.29, 1.82) is 0 Å². The van der Waals surface area contributed by atoms with Crippen LogP contribution in [0.4, 0.5) is 4.79 Å². The van der Waals surface area contributed by atoms with Gasteiger partial charge in [-0.2, -0.15) is 0 Å². The lowest BCUT2D eigenvalue weighted by atomic mass is 9.80. The maximum absolute atomic E-state index is 12.7. The molecule has 0 bridgehead atoms. The number of carbonyl (C=O) groups excluding carboxylic acids is 2. The molecule has 1 atom stereocenters. The van der Waals surface area contributed by atoms with E-state index in [2.05, 4.69) is 34.9 Å². The fourth-order valence-corrected chi connectivity index (χ4v) is 4.72. The largest absolute Gasteiger partial charge is 0.481 e. The highest BCUT2D eigenvalue weighted by atomic mass is 16.5. The van der Waals surface area contributed by atoms with Crippen LogP contribution >= 0.6 is 0 Å². The molecule has 2 aromatic rings. The number of alkyl carbamates (subject to hydrolysis) is 1. The van der Waals surface area contributed by atoms with Gasteiger partial charge in [-0.3, -0.25) is 9.59 Å². The number of aliphatic carboxylic acids is 1. The van der Waals surface area contributed by atoms with Crippen LogP contribution in [0.15, 0.2) is 48.5 Å². The maximum Gasteiger partial charge on any atom is 0.407 e. The number of rotatable bonds is 8. The van der Waals surface area contributed by atoms with Gasteiger partial charge in [0.25, 0.3) is 0 Å². The van der Waals surface area contributed by atoms with E-state index in [0.29, 0.717) is 12.8 Å². The summed E-state index contributed by atoms with van der Waals surface area (Å²) in [5.74, 6) is -1.81. The summed E-state index contributed by atoms with van der Waals surface area (Å²) in [5, 5.41) is 14.6. The van der Waals surface area contributed by atoms with Gasteiger partial charge in [-0.05, 0) is 41.0 Å². The van der Waals surface area contributed by atoms with Crippen LogP contribution in [-0.4, -0.2) is 42.3 Å². The highest BCUT2D eigenvalue weighted by Crippen LogP contribution is 2.44. The highest BCUT2D eigenvalue weighted by molar-refractivity contribution is 5.81. The molecule has 1 saturated carbocycles. The molecule has 0 saturated heterocycles. The summed E-state index contributed by atoms with van der Waals surface area (Å²) in [7, 11) is 0. The predicted molar refractivity (Wildman–Crippen MR) is 124 cm³/mol. The summed E-state index contributed by atoms with van der Waals surface area (Å²) >= 11 is 0. The fraction of sp³-hybridized carbons (Fsp3) is 0.423. The molecule has 0 radical (unpaired) electrons. The summed E-state index contributed by atoms with van der Waals surface area (Å²) in [6, 6.07) is 16.2. The van der Waals surface area contributed by atoms with Crippen molar-refractivity contribution in [2.24, 2.45) is 17.8 Å². The summed E-state index contributed by atoms with van der Waals surface area (Å²) < 4.78 is 5.56. The number of carbonyl (C=O) groups is 3. The number of amides is 2. The second-order valence-corrected chi connectivity index (χ2v) is 9.27. The standard InChI is InChI=1S/C26H30N2O5/c1-15(2)22(24(29)28-17-11-16(12-17)25(30)31)13-27-26(32)33-14-23-20-9-5-3-7-18(20)19-8-4-6-10-21(19)23/h3-10,15-17,22-23H,11-14H2,1-2H3,(H,27,32)(H,28,29)(H,30,31). The number of benzene rings is 2. The molecule has 2 amide bonds. The van der Waals surface area contributed by atoms with Crippen LogP contribution in [0.25, 0.3) is 11.1 Å². The van der Waals surface area contributed by atoms with Gasteiger partial charge in [-0.1, -0.05) is 62.4 Å². The van der Waals surface area contributed by atoms with Crippen LogP contribution in [-0.2, 0) is 14.3 Å². The molecule has 0 aliphatic heterocycles. The Morgan fingerprint density at radius 1 is 1.00 bits per heavy atom. The van der Waals surface area contributed by atoms with Crippen LogP contribution in [0.3, 0.4) is 0 Å². The Balaban J connectivity index is 1.30. The Bertz CT molecular complexity index is 999. The summed E-state index contributed by atoms with van der Waals surface area (Å²) in [4.78, 5) is 36.1. The lowest BCUT2D eigenvalue weighted by Crippen LogP contribution is -2.50. The average molecular weight is 451 g/mol. The van der Waals surface area contributed by atoms with Crippen LogP contribution in [0.2, 0.25) is 0 Å². The van der Waals surface area contributed by atoms with Crippen molar-refractivity contribution in [1.82, 2.24) is 10.6 Å². The topological polar surface area (TPSA) is 105 Å². The molecule has 7 nitrogen and oxygen atoms in total. The van der Waals surface area contributed by atoms with Gasteiger partial charge in [-0.15, -0.1) is 0 Å². The number of hydrogen-bond donors (Lipinski definition) is 3. The molecular formula is C26H30N2O5. The smallest absolute Gasteiger partial charge is 0.407 e. The van der Waals surface area contributed by atoms with Gasteiger partial charge >= 0.3 is 12.1 Å². The number of nitrogens with one attached hydrogen (secondary N) is 2. The highest BCUT2D eigenvalue weighted by Gasteiger charge is 2.37. The van der Waals surface area contributed by atoms with E-state index in [1.165, 1.54) is 11.1 Å². The van der Waals surface area contributed by atoms with Crippen LogP contribution < -0.4 is 10.6 Å². The van der Waals surface area contributed by atoms with Gasteiger partial charge in [0.1, 0.15) is 6.61 Å². The first-order chi connectivity index (χ1) is 15.8. The normalized spacial score (nSPS) is 19.7. The number of carboxylic acids is 1. The molecule has 4 rings (SSSR count). The first-order valence-electron chi connectivity index (χ1n) is 11.5. The van der Waals surface area contributed by atoms with Crippen LogP contribution in [0.5, 0.6) is 0 Å². The van der Waals surface area contributed by atoms with E-state index in [0.717, 1.165) is 11.1 Å². The zero-order valence-corrected chi connectivity index (χ0v) is 18.9. The van der Waals surface area contributed by atoms with Crippen molar-refractivity contribution in [3.05, 3.63) is 59.7 Å². The molecule has 33 heavy (non-hydrogen) atoms. The SMILES string of the molecule is CC(C)C(CNC(=O)OCC1c2ccccc2-c2ccccc21)C(=O)NC1CC(C(=O)O)C1. The maximum atomic E-state index is 12.7. The van der Waals surface area contributed by atoms with E-state index in [1.54, 1.807) is 0 Å². The number of carboxylic acid groups (broad SMARTS) is 1. The minimum Gasteiger partial charge on any atom is -0.481 e. The van der Waals surface area contributed by atoms with Gasteiger partial charge in [0.05, 0.1) is 11.8 Å². The van der Waals surface area contributed by atoms with Crippen LogP contribution in [0, 0.1) is 17.8 Å². The van der Waals surface area contributed by atoms with E-state index < -0.39 is 18.0 Å². The van der Waals surface area contributed by atoms with E-state index in [1.807, 2.05) is 38.1 Å². The Labute approximate surface area is 193 Å². The van der Waals surface area contributed by atoms with E-state index in [4.69, 9.17) is 9.84 Å². The molecule has 7 heteroatoms. The quantitative estimate of drug-likeness (QED) is 0.568. The Kier molecular flexibility index (Phi) is 6.67. The van der Waals surface area contributed by atoms with E-state index >= 15 is 0 Å². The van der Waals surface area contributed by atoms with Gasteiger partial charge in [0.2, 0.25) is 5.91 Å². The van der Waals surface area contributed by atoms with Gasteiger partial charge in [0, 0.05) is 18.5 Å². The Morgan fingerprint density at radius 3 is 2.12 bits per heavy atom. The third kappa shape index (κ3) is 4.87. The van der Waals surface area contributed by atoms with Crippen molar-refractivity contribution in [3.8, 4) is 11.1 Å². The second kappa shape index (κ2) is 9.65. The second-order valence-electron chi connectivity index (χ2n) is 9.27. The molecule has 2 aliphatic rings. The molecule has 0 aromatic heterocycles. The molecule has 1 unspecified atom stereocenters. The van der Waals surface area contributed by atoms with E-state index in [9.17, 15) is 14.4 Å².